The summed E-state index contributed by atoms with van der Waals surface area (Å²) in [5, 5.41) is 0. The number of hydrogen-bond acceptors (Lipinski definition) is 3. The van der Waals surface area contributed by atoms with Gasteiger partial charge in [0, 0.05) is 0 Å². The second-order valence-electron chi connectivity index (χ2n) is 0.383. The molecule has 0 aromatic rings. The van der Waals surface area contributed by atoms with E-state index in [9.17, 15) is 0 Å². The van der Waals surface area contributed by atoms with Crippen LogP contribution < -0.4 is 0 Å². The third kappa shape index (κ3) is 130. The van der Waals surface area contributed by atoms with Crippen LogP contribution >= 0.6 is 0 Å². The van der Waals surface area contributed by atoms with E-state index in [1.165, 1.54) is 0 Å². The Morgan fingerprint density at radius 3 is 1.29 bits per heavy atom. The van der Waals surface area contributed by atoms with Gasteiger partial charge in [-0.2, -0.15) is 0 Å². The van der Waals surface area contributed by atoms with Crippen LogP contribution in [-0.4, -0.2) is 13.7 Å². The van der Waals surface area contributed by atoms with E-state index in [2.05, 4.69) is 0 Å². The summed E-state index contributed by atoms with van der Waals surface area (Å²) >= 11 is -5.35. The van der Waals surface area contributed by atoms with E-state index >= 15 is 0 Å². The zero-order valence-electron chi connectivity index (χ0n) is 3.20. The average molecular weight is 223 g/mol. The molecule has 0 fully saturated rings. The minimum atomic E-state index is -3.58. The first-order valence-electron chi connectivity index (χ1n) is 1.10. The SMILES string of the molecule is [OH][Zr][OH].[O]=[Ti]([OH])[OH]. The summed E-state index contributed by atoms with van der Waals surface area (Å²) in [6.07, 6.45) is 0. The Balaban J connectivity index is 0. The molecule has 0 aliphatic carbocycles. The van der Waals surface area contributed by atoms with Crippen LogP contribution in [0.1, 0.15) is 0 Å². The molecular weight excluding hydrogens is 219 g/mol. The third-order valence-corrected chi connectivity index (χ3v) is 0. The van der Waals surface area contributed by atoms with Crippen molar-refractivity contribution in [3.63, 3.8) is 0 Å². The second kappa shape index (κ2) is 10.3. The summed E-state index contributed by atoms with van der Waals surface area (Å²) in [4.78, 5) is 0. The number of rotatable bonds is 0. The Bertz CT molecular complexity index is 39.3. The van der Waals surface area contributed by atoms with Gasteiger partial charge in [-0.15, -0.1) is 0 Å². The molecule has 4 N–H and O–H groups in total. The predicted molar refractivity (Wildman–Crippen MR) is 9.56 cm³/mol. The first-order chi connectivity index (χ1) is 3.15. The Hall–Kier alpha value is 1.24. The van der Waals surface area contributed by atoms with Crippen molar-refractivity contribution in [3.8, 4) is 0 Å². The maximum absolute atomic E-state index is 8.81. The van der Waals surface area contributed by atoms with E-state index in [0.29, 0.717) is 0 Å². The fourth-order valence-corrected chi connectivity index (χ4v) is 0. The molecule has 0 bridgehead atoms. The molecule has 42 valence electrons. The minimum absolute atomic E-state index is 1.77. The van der Waals surface area contributed by atoms with E-state index < -0.39 is 42.7 Å². The van der Waals surface area contributed by atoms with E-state index in [1.807, 2.05) is 0 Å². The molecule has 0 spiro atoms. The molecule has 0 unspecified atom stereocenters. The molecule has 0 amide bonds. The Labute approximate surface area is 59.5 Å². The van der Waals surface area contributed by atoms with Crippen LogP contribution in [0.2, 0.25) is 0 Å². The normalized spacial score (nSPS) is 5.71. The maximum atomic E-state index is 8.81. The van der Waals surface area contributed by atoms with Crippen LogP contribution in [0.5, 0.6) is 0 Å². The Morgan fingerprint density at radius 2 is 1.29 bits per heavy atom. The van der Waals surface area contributed by atoms with Crippen LogP contribution in [0.3, 0.4) is 0 Å². The molecule has 0 saturated carbocycles. The molecule has 0 heterocycles. The number of hydrogen-bond donors (Lipinski definition) is 4. The van der Waals surface area contributed by atoms with Crippen molar-refractivity contribution >= 4 is 0 Å². The van der Waals surface area contributed by atoms with Gasteiger partial charge in [-0.3, -0.25) is 0 Å². The van der Waals surface area contributed by atoms with Crippen LogP contribution in [0.15, 0.2) is 0 Å². The fourth-order valence-electron chi connectivity index (χ4n) is 0. The molecule has 0 rings (SSSR count). The van der Waals surface area contributed by atoms with Gasteiger partial charge in [-0.25, -0.2) is 0 Å². The monoisotopic (exact) mass is 222 g/mol. The van der Waals surface area contributed by atoms with E-state index in [-0.39, 0.29) is 0 Å². The van der Waals surface area contributed by atoms with Crippen molar-refractivity contribution in [2.45, 2.75) is 0 Å². The zero-order valence-corrected chi connectivity index (χ0v) is 7.22. The summed E-state index contributed by atoms with van der Waals surface area (Å²) in [5.41, 5.74) is 0. The third-order valence-electron chi connectivity index (χ3n) is 0. The van der Waals surface area contributed by atoms with Gasteiger partial charge < -0.3 is 0 Å². The summed E-state index contributed by atoms with van der Waals surface area (Å²) in [5.74, 6) is 0. The van der Waals surface area contributed by atoms with Crippen molar-refractivity contribution in [1.82, 2.24) is 0 Å². The van der Waals surface area contributed by atoms with Gasteiger partial charge in [0.2, 0.25) is 0 Å². The summed E-state index contributed by atoms with van der Waals surface area (Å²) < 4.78 is 37.8. The molecule has 5 nitrogen and oxygen atoms in total. The van der Waals surface area contributed by atoms with E-state index in [4.69, 9.17) is 17.1 Å². The molecule has 0 saturated heterocycles. The van der Waals surface area contributed by atoms with Gasteiger partial charge in [0.05, 0.1) is 0 Å². The fraction of sp³-hybridized carbons (Fsp3) is 0. The van der Waals surface area contributed by atoms with Gasteiger partial charge in [0.1, 0.15) is 0 Å². The average Bonchev–Trinajstić information content (AvgIpc) is 1.33. The molecule has 7 heteroatoms. The van der Waals surface area contributed by atoms with Gasteiger partial charge >= 0.3 is 59.8 Å². The second-order valence-corrected chi connectivity index (χ2v) is 1.76. The van der Waals surface area contributed by atoms with Crippen LogP contribution in [0.4, 0.5) is 0 Å². The summed E-state index contributed by atoms with van der Waals surface area (Å²) in [6.45, 7) is 0. The van der Waals surface area contributed by atoms with Crippen molar-refractivity contribution < 1.29 is 59.8 Å². The van der Waals surface area contributed by atoms with Crippen LogP contribution in [-0.2, 0) is 46.1 Å². The predicted octanol–water partition coefficient (Wildman–Crippen LogP) is -2.35. The quantitative estimate of drug-likeness (QED) is 0.345. The molecule has 0 aromatic heterocycles. The first-order valence-corrected chi connectivity index (χ1v) is 5.33. The van der Waals surface area contributed by atoms with E-state index in [0.717, 1.165) is 0 Å². The topological polar surface area (TPSA) is 98.0 Å². The van der Waals surface area contributed by atoms with E-state index in [1.54, 1.807) is 0 Å². The molecule has 0 aliphatic rings. The van der Waals surface area contributed by atoms with Gasteiger partial charge in [0.25, 0.3) is 0 Å². The molecule has 0 atom stereocenters. The van der Waals surface area contributed by atoms with Gasteiger partial charge in [-0.1, -0.05) is 0 Å². The standard InChI is InChI=1S/4H2O.O.Ti.Zr/h4*1H2;;;/q;;;;;2*+2/p-4. The Morgan fingerprint density at radius 1 is 1.29 bits per heavy atom. The summed E-state index contributed by atoms with van der Waals surface area (Å²) in [6, 6.07) is 0. The van der Waals surface area contributed by atoms with Crippen LogP contribution in [0.25, 0.3) is 0 Å². The van der Waals surface area contributed by atoms with Crippen molar-refractivity contribution in [2.24, 2.45) is 0 Å². The van der Waals surface area contributed by atoms with Gasteiger partial charge in [0.15, 0.2) is 0 Å². The summed E-state index contributed by atoms with van der Waals surface area (Å²) in [7, 11) is 0. The first kappa shape index (κ1) is 11.1. The Kier molecular flexibility index (Phi) is 16.3. The molecule has 0 aliphatic heterocycles. The molecule has 7 heavy (non-hydrogen) atoms. The van der Waals surface area contributed by atoms with Crippen LogP contribution in [0, 0.1) is 0 Å². The van der Waals surface area contributed by atoms with Crippen molar-refractivity contribution in [3.05, 3.63) is 0 Å². The molecular formula is H4O5TiZr. The zero-order chi connectivity index (χ0) is 6.28. The van der Waals surface area contributed by atoms with Crippen molar-refractivity contribution in [2.75, 3.05) is 0 Å². The molecule has 0 aromatic carbocycles. The molecule has 0 radical (unpaired) electrons. The van der Waals surface area contributed by atoms with Crippen molar-refractivity contribution in [1.29, 1.82) is 0 Å². The van der Waals surface area contributed by atoms with Gasteiger partial charge in [-0.05, 0) is 0 Å².